The van der Waals surface area contributed by atoms with Crippen molar-refractivity contribution in [3.05, 3.63) is 106 Å². The molecule has 0 saturated carbocycles. The molecule has 1 amide bonds. The third kappa shape index (κ3) is 3.41. The Kier molecular flexibility index (Phi) is 4.91. The smallest absolute Gasteiger partial charge is 0.300 e. The second-order valence-corrected chi connectivity index (χ2v) is 7.00. The van der Waals surface area contributed by atoms with Crippen molar-refractivity contribution < 1.29 is 19.1 Å². The number of ketones is 1. The number of carbonyl (C=O) groups is 2. The molecule has 0 radical (unpaired) electrons. The fraction of sp³-hybridized carbons (Fsp3) is 0.0435. The molecule has 144 valence electrons. The summed E-state index contributed by atoms with van der Waals surface area (Å²) in [5.74, 6) is -2.48. The predicted octanol–water partition coefficient (Wildman–Crippen LogP) is 5.11. The zero-order chi connectivity index (χ0) is 20.5. The lowest BCUT2D eigenvalue weighted by atomic mass is 9.95. The van der Waals surface area contributed by atoms with Gasteiger partial charge in [-0.05, 0) is 54.1 Å². The Bertz CT molecular complexity index is 1130. The van der Waals surface area contributed by atoms with Crippen LogP contribution in [0.1, 0.15) is 17.2 Å². The van der Waals surface area contributed by atoms with Gasteiger partial charge in [0.1, 0.15) is 11.6 Å². The molecule has 1 aliphatic rings. The van der Waals surface area contributed by atoms with Gasteiger partial charge >= 0.3 is 0 Å². The highest BCUT2D eigenvalue weighted by Gasteiger charge is 2.47. The Balaban J connectivity index is 1.95. The molecule has 29 heavy (non-hydrogen) atoms. The number of para-hydroxylation sites is 1. The molecule has 0 aliphatic carbocycles. The molecular formula is C23H15ClFNO3. The maximum Gasteiger partial charge on any atom is 0.300 e. The van der Waals surface area contributed by atoms with Crippen LogP contribution in [0.15, 0.2) is 84.4 Å². The van der Waals surface area contributed by atoms with E-state index in [-0.39, 0.29) is 11.3 Å². The monoisotopic (exact) mass is 407 g/mol. The van der Waals surface area contributed by atoms with Gasteiger partial charge in [0.2, 0.25) is 0 Å². The van der Waals surface area contributed by atoms with Crippen molar-refractivity contribution in [2.24, 2.45) is 0 Å². The fourth-order valence-corrected chi connectivity index (χ4v) is 3.57. The van der Waals surface area contributed by atoms with Crippen LogP contribution in [0.4, 0.5) is 10.1 Å². The van der Waals surface area contributed by atoms with E-state index in [0.29, 0.717) is 21.8 Å². The molecule has 6 heteroatoms. The highest BCUT2D eigenvalue weighted by molar-refractivity contribution is 6.51. The standard InChI is InChI=1S/C23H15ClFNO3/c24-16-11-9-14(10-12-16)21(27)19-20(15-5-4-6-17(25)13-15)26(23(29)22(19)28)18-7-2-1-3-8-18/h1-13,20,27H. The maximum atomic E-state index is 14.0. The number of nitrogens with zero attached hydrogens (tertiary/aromatic N) is 1. The SMILES string of the molecule is O=C1C(=O)N(c2ccccc2)C(c2cccc(F)c2)C1=C(O)c1ccc(Cl)cc1. The van der Waals surface area contributed by atoms with Crippen molar-refractivity contribution in [2.75, 3.05) is 4.90 Å². The van der Waals surface area contributed by atoms with Crippen molar-refractivity contribution in [1.82, 2.24) is 0 Å². The Hall–Kier alpha value is -3.44. The first-order chi connectivity index (χ1) is 14.0. The molecule has 1 fully saturated rings. The number of hydrogen-bond donors (Lipinski definition) is 1. The number of benzene rings is 3. The van der Waals surface area contributed by atoms with Crippen LogP contribution in [-0.2, 0) is 9.59 Å². The summed E-state index contributed by atoms with van der Waals surface area (Å²) in [6, 6.07) is 19.5. The Morgan fingerprint density at radius 2 is 1.62 bits per heavy atom. The van der Waals surface area contributed by atoms with Crippen LogP contribution in [0.3, 0.4) is 0 Å². The Labute approximate surface area is 171 Å². The highest BCUT2D eigenvalue weighted by Crippen LogP contribution is 2.42. The summed E-state index contributed by atoms with van der Waals surface area (Å²) in [5.41, 5.74) is 1.08. The number of amides is 1. The van der Waals surface area contributed by atoms with Gasteiger partial charge in [-0.2, -0.15) is 0 Å². The third-order valence-corrected chi connectivity index (χ3v) is 5.01. The van der Waals surface area contributed by atoms with Gasteiger partial charge in [-0.25, -0.2) is 4.39 Å². The van der Waals surface area contributed by atoms with E-state index in [1.807, 2.05) is 0 Å². The van der Waals surface area contributed by atoms with Crippen LogP contribution >= 0.6 is 11.6 Å². The fourth-order valence-electron chi connectivity index (χ4n) is 3.44. The number of hydrogen-bond acceptors (Lipinski definition) is 3. The normalized spacial score (nSPS) is 18.3. The first kappa shape index (κ1) is 18.9. The second kappa shape index (κ2) is 7.53. The first-order valence-corrected chi connectivity index (χ1v) is 9.22. The second-order valence-electron chi connectivity index (χ2n) is 6.57. The molecule has 1 aliphatic heterocycles. The third-order valence-electron chi connectivity index (χ3n) is 4.76. The number of carbonyl (C=O) groups excluding carboxylic acids is 2. The molecule has 3 aromatic carbocycles. The predicted molar refractivity (Wildman–Crippen MR) is 109 cm³/mol. The van der Waals surface area contributed by atoms with E-state index in [9.17, 15) is 19.1 Å². The van der Waals surface area contributed by atoms with Gasteiger partial charge in [0.05, 0.1) is 11.6 Å². The summed E-state index contributed by atoms with van der Waals surface area (Å²) >= 11 is 5.90. The van der Waals surface area contributed by atoms with E-state index >= 15 is 0 Å². The molecule has 1 heterocycles. The molecule has 1 saturated heterocycles. The molecule has 0 bridgehead atoms. The molecule has 3 aromatic rings. The van der Waals surface area contributed by atoms with Crippen LogP contribution in [0, 0.1) is 5.82 Å². The van der Waals surface area contributed by atoms with Crippen LogP contribution < -0.4 is 4.90 Å². The number of anilines is 1. The van der Waals surface area contributed by atoms with Gasteiger partial charge in [0.25, 0.3) is 11.7 Å². The number of halogens is 2. The molecule has 1 atom stereocenters. The van der Waals surface area contributed by atoms with Gasteiger partial charge in [-0.1, -0.05) is 41.9 Å². The molecule has 0 spiro atoms. The molecular weight excluding hydrogens is 393 g/mol. The lowest BCUT2D eigenvalue weighted by Gasteiger charge is -2.25. The van der Waals surface area contributed by atoms with E-state index in [2.05, 4.69) is 0 Å². The first-order valence-electron chi connectivity index (χ1n) is 8.85. The lowest BCUT2D eigenvalue weighted by molar-refractivity contribution is -0.132. The number of aliphatic hydroxyl groups excluding tert-OH is 1. The van der Waals surface area contributed by atoms with Gasteiger partial charge < -0.3 is 5.11 Å². The summed E-state index contributed by atoms with van der Waals surface area (Å²) in [4.78, 5) is 27.1. The van der Waals surface area contributed by atoms with Crippen molar-refractivity contribution in [3.8, 4) is 0 Å². The van der Waals surface area contributed by atoms with Crippen molar-refractivity contribution in [3.63, 3.8) is 0 Å². The van der Waals surface area contributed by atoms with E-state index in [1.54, 1.807) is 60.7 Å². The molecule has 0 aromatic heterocycles. The van der Waals surface area contributed by atoms with E-state index in [4.69, 9.17) is 11.6 Å². The minimum atomic E-state index is -0.969. The van der Waals surface area contributed by atoms with Gasteiger partial charge in [0.15, 0.2) is 0 Å². The van der Waals surface area contributed by atoms with E-state index in [1.165, 1.54) is 23.1 Å². The summed E-state index contributed by atoms with van der Waals surface area (Å²) in [6.07, 6.45) is 0. The number of Topliss-reactive ketones (excluding diaryl/α,β-unsaturated/α-hetero) is 1. The average Bonchev–Trinajstić information content (AvgIpc) is 2.99. The van der Waals surface area contributed by atoms with Gasteiger partial charge in [0, 0.05) is 16.3 Å². The van der Waals surface area contributed by atoms with Crippen LogP contribution in [0.25, 0.3) is 5.76 Å². The average molecular weight is 408 g/mol. The van der Waals surface area contributed by atoms with Crippen LogP contribution in [0.2, 0.25) is 5.02 Å². The summed E-state index contributed by atoms with van der Waals surface area (Å²) in [5, 5.41) is 11.4. The Morgan fingerprint density at radius 3 is 2.28 bits per heavy atom. The topological polar surface area (TPSA) is 57.6 Å². The van der Waals surface area contributed by atoms with Gasteiger partial charge in [-0.3, -0.25) is 14.5 Å². The minimum absolute atomic E-state index is 0.105. The van der Waals surface area contributed by atoms with Crippen molar-refractivity contribution >= 4 is 34.7 Å². The van der Waals surface area contributed by atoms with Gasteiger partial charge in [-0.15, -0.1) is 0 Å². The summed E-state index contributed by atoms with van der Waals surface area (Å²) < 4.78 is 14.0. The Morgan fingerprint density at radius 1 is 0.931 bits per heavy atom. The zero-order valence-electron chi connectivity index (χ0n) is 15.0. The maximum absolute atomic E-state index is 14.0. The summed E-state index contributed by atoms with van der Waals surface area (Å²) in [6.45, 7) is 0. The molecule has 1 N–H and O–H groups in total. The van der Waals surface area contributed by atoms with E-state index in [0.717, 1.165) is 0 Å². The molecule has 4 nitrogen and oxygen atoms in total. The van der Waals surface area contributed by atoms with Crippen molar-refractivity contribution in [1.29, 1.82) is 0 Å². The number of aliphatic hydroxyl groups is 1. The molecule has 4 rings (SSSR count). The van der Waals surface area contributed by atoms with Crippen LogP contribution in [-0.4, -0.2) is 16.8 Å². The zero-order valence-corrected chi connectivity index (χ0v) is 15.8. The quantitative estimate of drug-likeness (QED) is 0.373. The van der Waals surface area contributed by atoms with E-state index < -0.39 is 23.5 Å². The minimum Gasteiger partial charge on any atom is -0.507 e. The molecule has 1 unspecified atom stereocenters. The highest BCUT2D eigenvalue weighted by atomic mass is 35.5. The lowest BCUT2D eigenvalue weighted by Crippen LogP contribution is -2.29. The largest absolute Gasteiger partial charge is 0.507 e. The summed E-state index contributed by atoms with van der Waals surface area (Å²) in [7, 11) is 0. The van der Waals surface area contributed by atoms with Crippen molar-refractivity contribution in [2.45, 2.75) is 6.04 Å². The number of rotatable bonds is 3. The van der Waals surface area contributed by atoms with Crippen LogP contribution in [0.5, 0.6) is 0 Å².